The second-order valence-corrected chi connectivity index (χ2v) is 4.24. The van der Waals surface area contributed by atoms with Crippen LogP contribution < -0.4 is 10.6 Å². The first kappa shape index (κ1) is 9.68. The predicted octanol–water partition coefficient (Wildman–Crippen LogP) is 0.111. The molecule has 1 heterocycles. The average molecular weight is 196 g/mol. The molecular weight excluding hydrogens is 180 g/mol. The van der Waals surface area contributed by atoms with E-state index in [1.165, 1.54) is 0 Å². The van der Waals surface area contributed by atoms with E-state index >= 15 is 0 Å². The lowest BCUT2D eigenvalue weighted by molar-refractivity contribution is -0.139. The molecule has 2 aliphatic rings. The monoisotopic (exact) mass is 196 g/mol. The number of aliphatic carboxylic acids is 1. The molecule has 78 valence electrons. The third-order valence-electron chi connectivity index (χ3n) is 2.93. The van der Waals surface area contributed by atoms with Gasteiger partial charge in [-0.3, -0.25) is 4.79 Å². The number of carboxylic acid groups (broad SMARTS) is 1. The Labute approximate surface area is 83.4 Å². The van der Waals surface area contributed by atoms with Gasteiger partial charge in [0.15, 0.2) is 0 Å². The van der Waals surface area contributed by atoms with E-state index < -0.39 is 5.97 Å². The van der Waals surface area contributed by atoms with E-state index in [1.807, 2.05) is 0 Å². The van der Waals surface area contributed by atoms with Gasteiger partial charge < -0.3 is 15.7 Å². The molecule has 2 rings (SSSR count). The molecule has 0 spiro atoms. The summed E-state index contributed by atoms with van der Waals surface area (Å²) in [5.41, 5.74) is -0.192. The standard InChI is InChI=1S/C10H16N2O2/c13-9(14)5-10(6-11-7-10)12-8-3-1-2-4-8/h1-2,8,11-12H,3-7H2,(H,13,14). The number of hydrogen-bond acceptors (Lipinski definition) is 3. The first-order valence-corrected chi connectivity index (χ1v) is 5.05. The van der Waals surface area contributed by atoms with E-state index in [9.17, 15) is 4.79 Å². The van der Waals surface area contributed by atoms with Crippen LogP contribution in [0, 0.1) is 0 Å². The molecule has 0 atom stereocenters. The highest BCUT2D eigenvalue weighted by Gasteiger charge is 2.40. The van der Waals surface area contributed by atoms with Gasteiger partial charge in [0.1, 0.15) is 0 Å². The SMILES string of the molecule is O=C(O)CC1(NC2CC=CC2)CNC1. The van der Waals surface area contributed by atoms with Crippen LogP contribution in [0.1, 0.15) is 19.3 Å². The molecule has 4 heteroatoms. The van der Waals surface area contributed by atoms with Crippen molar-refractivity contribution in [1.29, 1.82) is 0 Å². The van der Waals surface area contributed by atoms with Gasteiger partial charge in [-0.05, 0) is 12.8 Å². The molecule has 0 aromatic rings. The molecular formula is C10H16N2O2. The fourth-order valence-electron chi connectivity index (χ4n) is 2.16. The summed E-state index contributed by atoms with van der Waals surface area (Å²) in [6.45, 7) is 1.55. The van der Waals surface area contributed by atoms with E-state index in [0.29, 0.717) is 6.04 Å². The molecule has 1 aliphatic carbocycles. The van der Waals surface area contributed by atoms with Crippen LogP contribution in [-0.4, -0.2) is 35.7 Å². The summed E-state index contributed by atoms with van der Waals surface area (Å²) in [5, 5.41) is 15.4. The van der Waals surface area contributed by atoms with Gasteiger partial charge >= 0.3 is 5.97 Å². The smallest absolute Gasteiger partial charge is 0.305 e. The van der Waals surface area contributed by atoms with Crippen molar-refractivity contribution >= 4 is 5.97 Å². The van der Waals surface area contributed by atoms with Crippen molar-refractivity contribution in [2.75, 3.05) is 13.1 Å². The zero-order valence-electron chi connectivity index (χ0n) is 8.12. The van der Waals surface area contributed by atoms with E-state index in [-0.39, 0.29) is 12.0 Å². The quantitative estimate of drug-likeness (QED) is 0.559. The third-order valence-corrected chi connectivity index (χ3v) is 2.93. The van der Waals surface area contributed by atoms with Gasteiger partial charge in [0.25, 0.3) is 0 Å². The Balaban J connectivity index is 1.88. The molecule has 0 bridgehead atoms. The molecule has 1 aliphatic heterocycles. The Kier molecular flexibility index (Phi) is 2.56. The van der Waals surface area contributed by atoms with E-state index in [1.54, 1.807) is 0 Å². The van der Waals surface area contributed by atoms with Gasteiger partial charge in [-0.2, -0.15) is 0 Å². The fourth-order valence-corrected chi connectivity index (χ4v) is 2.16. The van der Waals surface area contributed by atoms with Crippen molar-refractivity contribution in [3.63, 3.8) is 0 Å². The van der Waals surface area contributed by atoms with Crippen LogP contribution in [0.15, 0.2) is 12.2 Å². The normalized spacial score (nSPS) is 24.9. The molecule has 0 amide bonds. The van der Waals surface area contributed by atoms with Crippen LogP contribution in [0.2, 0.25) is 0 Å². The lowest BCUT2D eigenvalue weighted by Gasteiger charge is -2.44. The summed E-state index contributed by atoms with van der Waals surface area (Å²) < 4.78 is 0. The van der Waals surface area contributed by atoms with E-state index in [0.717, 1.165) is 25.9 Å². The number of hydrogen-bond donors (Lipinski definition) is 3. The van der Waals surface area contributed by atoms with Gasteiger partial charge in [-0.25, -0.2) is 0 Å². The Hall–Kier alpha value is -0.870. The van der Waals surface area contributed by atoms with Crippen molar-refractivity contribution in [2.24, 2.45) is 0 Å². The topological polar surface area (TPSA) is 61.4 Å². The summed E-state index contributed by atoms with van der Waals surface area (Å²) in [6.07, 6.45) is 6.58. The fraction of sp³-hybridized carbons (Fsp3) is 0.700. The van der Waals surface area contributed by atoms with Crippen LogP contribution in [0.3, 0.4) is 0 Å². The van der Waals surface area contributed by atoms with Gasteiger partial charge in [-0.15, -0.1) is 0 Å². The van der Waals surface area contributed by atoms with Gasteiger partial charge in [0, 0.05) is 19.1 Å². The molecule has 4 nitrogen and oxygen atoms in total. The molecule has 14 heavy (non-hydrogen) atoms. The largest absolute Gasteiger partial charge is 0.481 e. The first-order valence-electron chi connectivity index (χ1n) is 5.05. The van der Waals surface area contributed by atoms with Crippen molar-refractivity contribution in [3.8, 4) is 0 Å². The van der Waals surface area contributed by atoms with Gasteiger partial charge in [0.2, 0.25) is 0 Å². The Morgan fingerprint density at radius 3 is 2.57 bits per heavy atom. The molecule has 0 unspecified atom stereocenters. The number of carboxylic acids is 1. The van der Waals surface area contributed by atoms with Crippen molar-refractivity contribution in [2.45, 2.75) is 30.8 Å². The maximum atomic E-state index is 10.7. The molecule has 1 saturated heterocycles. The summed E-state index contributed by atoms with van der Waals surface area (Å²) in [7, 11) is 0. The van der Waals surface area contributed by atoms with Crippen LogP contribution in [-0.2, 0) is 4.79 Å². The molecule has 0 radical (unpaired) electrons. The minimum atomic E-state index is -0.718. The maximum Gasteiger partial charge on any atom is 0.305 e. The second-order valence-electron chi connectivity index (χ2n) is 4.24. The second kappa shape index (κ2) is 3.71. The van der Waals surface area contributed by atoms with Gasteiger partial charge in [0.05, 0.1) is 12.0 Å². The molecule has 3 N–H and O–H groups in total. The lowest BCUT2D eigenvalue weighted by atomic mass is 9.87. The van der Waals surface area contributed by atoms with Gasteiger partial charge in [-0.1, -0.05) is 12.2 Å². The van der Waals surface area contributed by atoms with Crippen LogP contribution in [0.25, 0.3) is 0 Å². The predicted molar refractivity (Wildman–Crippen MR) is 53.2 cm³/mol. The van der Waals surface area contributed by atoms with E-state index in [4.69, 9.17) is 5.11 Å². The highest BCUT2D eigenvalue weighted by atomic mass is 16.4. The zero-order valence-corrected chi connectivity index (χ0v) is 8.12. The highest BCUT2D eigenvalue weighted by molar-refractivity contribution is 5.68. The van der Waals surface area contributed by atoms with Crippen molar-refractivity contribution < 1.29 is 9.90 Å². The highest BCUT2D eigenvalue weighted by Crippen LogP contribution is 2.20. The van der Waals surface area contributed by atoms with E-state index in [2.05, 4.69) is 22.8 Å². The van der Waals surface area contributed by atoms with Crippen molar-refractivity contribution in [1.82, 2.24) is 10.6 Å². The minimum Gasteiger partial charge on any atom is -0.481 e. The Bertz CT molecular complexity index is 251. The molecule has 1 fully saturated rings. The Morgan fingerprint density at radius 1 is 1.50 bits per heavy atom. The molecule has 0 saturated carbocycles. The lowest BCUT2D eigenvalue weighted by Crippen LogP contribution is -2.70. The average Bonchev–Trinajstić information content (AvgIpc) is 2.51. The third kappa shape index (κ3) is 1.96. The number of rotatable bonds is 4. The summed E-state index contributed by atoms with van der Waals surface area (Å²) >= 11 is 0. The van der Waals surface area contributed by atoms with Crippen LogP contribution in [0.4, 0.5) is 0 Å². The molecule has 0 aromatic heterocycles. The number of carbonyl (C=O) groups is 1. The zero-order chi connectivity index (χ0) is 10.0. The summed E-state index contributed by atoms with van der Waals surface area (Å²) in [6, 6.07) is 0.441. The number of nitrogens with one attached hydrogen (secondary N) is 2. The summed E-state index contributed by atoms with van der Waals surface area (Å²) in [5.74, 6) is -0.718. The Morgan fingerprint density at radius 2 is 2.14 bits per heavy atom. The summed E-state index contributed by atoms with van der Waals surface area (Å²) in [4.78, 5) is 10.7. The molecule has 0 aromatic carbocycles. The minimum absolute atomic E-state index is 0.192. The maximum absolute atomic E-state index is 10.7. The van der Waals surface area contributed by atoms with Crippen LogP contribution in [0.5, 0.6) is 0 Å². The van der Waals surface area contributed by atoms with Crippen LogP contribution >= 0.6 is 0 Å². The first-order chi connectivity index (χ1) is 6.70. The van der Waals surface area contributed by atoms with Crippen molar-refractivity contribution in [3.05, 3.63) is 12.2 Å².